The Morgan fingerprint density at radius 3 is 2.86 bits per heavy atom. The molecule has 0 bridgehead atoms. The fourth-order valence-corrected chi connectivity index (χ4v) is 3.33. The third-order valence-electron chi connectivity index (χ3n) is 3.15. The summed E-state index contributed by atoms with van der Waals surface area (Å²) in [5, 5.41) is 8.40. The highest BCUT2D eigenvalue weighted by atomic mass is 35.5. The predicted octanol–water partition coefficient (Wildman–Crippen LogP) is 4.29. The van der Waals surface area contributed by atoms with Crippen molar-refractivity contribution >= 4 is 44.2 Å². The molecule has 114 valence electrons. The molecule has 1 N–H and O–H groups in total. The van der Waals surface area contributed by atoms with Gasteiger partial charge in [-0.2, -0.15) is 5.10 Å². The number of amides is 1. The molecule has 0 fully saturated rings. The topological polar surface area (TPSA) is 59.8 Å². The van der Waals surface area contributed by atoms with Gasteiger partial charge in [0.15, 0.2) is 5.13 Å². The minimum atomic E-state index is -0.209. The second kappa shape index (κ2) is 5.70. The number of rotatable bonds is 3. The van der Waals surface area contributed by atoms with Crippen LogP contribution in [0.1, 0.15) is 36.1 Å². The number of benzene rings is 1. The molecule has 0 saturated carbocycles. The molecular weight excluding hydrogens is 320 g/mol. The molecule has 1 aromatic carbocycles. The molecule has 5 nitrogen and oxygen atoms in total. The summed E-state index contributed by atoms with van der Waals surface area (Å²) in [6, 6.07) is 7.36. The first-order valence-corrected chi connectivity index (χ1v) is 8.07. The van der Waals surface area contributed by atoms with Gasteiger partial charge in [0.25, 0.3) is 5.91 Å². The Balaban J connectivity index is 1.89. The molecule has 0 unspecified atom stereocenters. The number of aryl methyl sites for hydroxylation is 1. The number of nitrogens with zero attached hydrogens (tertiary/aromatic N) is 3. The number of fused-ring (bicyclic) bond motifs is 1. The summed E-state index contributed by atoms with van der Waals surface area (Å²) in [6.07, 6.45) is 0. The first-order valence-electron chi connectivity index (χ1n) is 6.87. The van der Waals surface area contributed by atoms with Gasteiger partial charge in [0.2, 0.25) is 0 Å². The van der Waals surface area contributed by atoms with E-state index in [1.807, 2.05) is 32.9 Å². The van der Waals surface area contributed by atoms with Crippen LogP contribution in [-0.4, -0.2) is 20.7 Å². The van der Waals surface area contributed by atoms with Crippen molar-refractivity contribution in [2.45, 2.75) is 26.8 Å². The molecule has 7 heteroatoms. The summed E-state index contributed by atoms with van der Waals surface area (Å²) in [5.41, 5.74) is 2.16. The van der Waals surface area contributed by atoms with Gasteiger partial charge in [-0.15, -0.1) is 0 Å². The predicted molar refractivity (Wildman–Crippen MR) is 89.9 cm³/mol. The lowest BCUT2D eigenvalue weighted by molar-refractivity contribution is 0.101. The molecule has 0 spiro atoms. The third kappa shape index (κ3) is 2.84. The lowest BCUT2D eigenvalue weighted by Gasteiger charge is -2.09. The van der Waals surface area contributed by atoms with Crippen LogP contribution < -0.4 is 5.32 Å². The van der Waals surface area contributed by atoms with Gasteiger partial charge >= 0.3 is 0 Å². The van der Waals surface area contributed by atoms with Crippen molar-refractivity contribution in [2.75, 3.05) is 5.32 Å². The lowest BCUT2D eigenvalue weighted by atomic mass is 10.3. The molecule has 3 aromatic rings. The molecule has 22 heavy (non-hydrogen) atoms. The molecule has 0 aliphatic heterocycles. The van der Waals surface area contributed by atoms with Gasteiger partial charge in [0.1, 0.15) is 5.69 Å². The third-order valence-corrected chi connectivity index (χ3v) is 4.32. The van der Waals surface area contributed by atoms with E-state index in [2.05, 4.69) is 15.4 Å². The van der Waals surface area contributed by atoms with Crippen LogP contribution in [0.5, 0.6) is 0 Å². The van der Waals surface area contributed by atoms with E-state index in [-0.39, 0.29) is 11.9 Å². The fraction of sp³-hybridized carbons (Fsp3) is 0.267. The van der Waals surface area contributed by atoms with E-state index < -0.39 is 0 Å². The number of nitrogens with one attached hydrogen (secondary N) is 1. The van der Waals surface area contributed by atoms with Crippen LogP contribution in [0.3, 0.4) is 0 Å². The zero-order valence-corrected chi connectivity index (χ0v) is 14.0. The van der Waals surface area contributed by atoms with E-state index in [1.165, 1.54) is 11.3 Å². The summed E-state index contributed by atoms with van der Waals surface area (Å²) >= 11 is 7.37. The van der Waals surface area contributed by atoms with Crippen LogP contribution in [0.4, 0.5) is 5.13 Å². The van der Waals surface area contributed by atoms with Gasteiger partial charge in [0, 0.05) is 11.1 Å². The zero-order chi connectivity index (χ0) is 15.9. The molecule has 2 heterocycles. The molecule has 0 aliphatic carbocycles. The number of halogens is 1. The Labute approximate surface area is 136 Å². The standard InChI is InChI=1S/C15H15ClN4OS/c1-8(2)20-12(6-9(3)19-20)14(21)18-15-17-11-5-4-10(16)7-13(11)22-15/h4-8H,1-3H3,(H,17,18,21). The number of anilines is 1. The Kier molecular flexibility index (Phi) is 3.88. The van der Waals surface area contributed by atoms with E-state index in [0.29, 0.717) is 15.8 Å². The average molecular weight is 335 g/mol. The first-order chi connectivity index (χ1) is 10.4. The smallest absolute Gasteiger partial charge is 0.275 e. The number of carbonyl (C=O) groups excluding carboxylic acids is 1. The highest BCUT2D eigenvalue weighted by molar-refractivity contribution is 7.22. The second-order valence-corrected chi connectivity index (χ2v) is 6.76. The molecule has 0 saturated heterocycles. The number of hydrogen-bond donors (Lipinski definition) is 1. The number of carbonyl (C=O) groups is 1. The van der Waals surface area contributed by atoms with Gasteiger partial charge in [-0.3, -0.25) is 14.8 Å². The van der Waals surface area contributed by atoms with Crippen LogP contribution in [0.25, 0.3) is 10.2 Å². The normalized spacial score (nSPS) is 11.3. The lowest BCUT2D eigenvalue weighted by Crippen LogP contribution is -2.18. The van der Waals surface area contributed by atoms with Gasteiger partial charge < -0.3 is 0 Å². The number of thiazole rings is 1. The van der Waals surface area contributed by atoms with E-state index in [4.69, 9.17) is 11.6 Å². The Hall–Kier alpha value is -1.92. The van der Waals surface area contributed by atoms with Crippen LogP contribution in [0.15, 0.2) is 24.3 Å². The summed E-state index contributed by atoms with van der Waals surface area (Å²) in [4.78, 5) is 16.9. The quantitative estimate of drug-likeness (QED) is 0.777. The monoisotopic (exact) mass is 334 g/mol. The Bertz CT molecular complexity index is 852. The SMILES string of the molecule is Cc1cc(C(=O)Nc2nc3ccc(Cl)cc3s2)n(C(C)C)n1. The van der Waals surface area contributed by atoms with E-state index in [9.17, 15) is 4.79 Å². The van der Waals surface area contributed by atoms with Gasteiger partial charge in [-0.1, -0.05) is 22.9 Å². The molecule has 0 atom stereocenters. The van der Waals surface area contributed by atoms with Crippen LogP contribution >= 0.6 is 22.9 Å². The van der Waals surface area contributed by atoms with Gasteiger partial charge in [-0.05, 0) is 45.0 Å². The minimum absolute atomic E-state index is 0.114. The van der Waals surface area contributed by atoms with Crippen molar-refractivity contribution in [3.8, 4) is 0 Å². The number of aromatic nitrogens is 3. The van der Waals surface area contributed by atoms with Crippen molar-refractivity contribution in [1.82, 2.24) is 14.8 Å². The van der Waals surface area contributed by atoms with Gasteiger partial charge in [0.05, 0.1) is 15.9 Å². The summed E-state index contributed by atoms with van der Waals surface area (Å²) in [6.45, 7) is 5.85. The molecular formula is C15H15ClN4OS. The molecule has 0 radical (unpaired) electrons. The summed E-state index contributed by atoms with van der Waals surface area (Å²) in [7, 11) is 0. The van der Waals surface area contributed by atoms with Crippen molar-refractivity contribution in [2.24, 2.45) is 0 Å². The molecule has 3 rings (SSSR count). The van der Waals surface area contributed by atoms with Gasteiger partial charge in [-0.25, -0.2) is 4.98 Å². The summed E-state index contributed by atoms with van der Waals surface area (Å²) in [5.74, 6) is -0.209. The van der Waals surface area contributed by atoms with Crippen molar-refractivity contribution in [3.63, 3.8) is 0 Å². The molecule has 0 aliphatic rings. The highest BCUT2D eigenvalue weighted by Crippen LogP contribution is 2.28. The molecule has 2 aromatic heterocycles. The fourth-order valence-electron chi connectivity index (χ4n) is 2.19. The van der Waals surface area contributed by atoms with E-state index >= 15 is 0 Å². The Morgan fingerprint density at radius 1 is 1.36 bits per heavy atom. The maximum absolute atomic E-state index is 12.5. The van der Waals surface area contributed by atoms with E-state index in [0.717, 1.165) is 15.9 Å². The number of hydrogen-bond acceptors (Lipinski definition) is 4. The Morgan fingerprint density at radius 2 is 2.14 bits per heavy atom. The van der Waals surface area contributed by atoms with Crippen LogP contribution in [0.2, 0.25) is 5.02 Å². The largest absolute Gasteiger partial charge is 0.296 e. The zero-order valence-electron chi connectivity index (χ0n) is 12.4. The van der Waals surface area contributed by atoms with Crippen molar-refractivity contribution in [1.29, 1.82) is 0 Å². The maximum Gasteiger partial charge on any atom is 0.275 e. The van der Waals surface area contributed by atoms with Crippen LogP contribution in [0, 0.1) is 6.92 Å². The molecule has 1 amide bonds. The maximum atomic E-state index is 12.5. The highest BCUT2D eigenvalue weighted by Gasteiger charge is 2.17. The minimum Gasteiger partial charge on any atom is -0.296 e. The van der Waals surface area contributed by atoms with E-state index in [1.54, 1.807) is 16.8 Å². The first kappa shape index (κ1) is 15.0. The van der Waals surface area contributed by atoms with Crippen molar-refractivity contribution in [3.05, 3.63) is 40.7 Å². The van der Waals surface area contributed by atoms with Crippen molar-refractivity contribution < 1.29 is 4.79 Å². The average Bonchev–Trinajstić information content (AvgIpc) is 3.01. The van der Waals surface area contributed by atoms with Crippen LogP contribution in [-0.2, 0) is 0 Å². The summed E-state index contributed by atoms with van der Waals surface area (Å²) < 4.78 is 2.66. The second-order valence-electron chi connectivity index (χ2n) is 5.29.